The van der Waals surface area contributed by atoms with Crippen LogP contribution >= 0.6 is 11.6 Å². The van der Waals surface area contributed by atoms with Gasteiger partial charge in [-0.2, -0.15) is 0 Å². The van der Waals surface area contributed by atoms with E-state index in [1.807, 2.05) is 0 Å². The van der Waals surface area contributed by atoms with Crippen molar-refractivity contribution in [3.63, 3.8) is 0 Å². The predicted octanol–water partition coefficient (Wildman–Crippen LogP) is 3.84. The number of benzene rings is 1. The van der Waals surface area contributed by atoms with E-state index in [0.29, 0.717) is 6.10 Å². The zero-order valence-corrected chi connectivity index (χ0v) is 14.3. The molecule has 3 nitrogen and oxygen atoms in total. The smallest absolute Gasteiger partial charge is 0.0605 e. The summed E-state index contributed by atoms with van der Waals surface area (Å²) in [5.41, 5.74) is 2.47. The maximum absolute atomic E-state index is 6.44. The summed E-state index contributed by atoms with van der Waals surface area (Å²) in [5.74, 6) is 0. The minimum absolute atomic E-state index is 0.101. The first kappa shape index (κ1) is 16.6. The SMILES string of the molecule is COC1CCN(c2ccc(CNC(C)(C)C)c(Cl)c2)CC1. The molecule has 1 aromatic rings. The number of halogens is 1. The summed E-state index contributed by atoms with van der Waals surface area (Å²) in [5, 5.41) is 4.32. The van der Waals surface area contributed by atoms with Crippen molar-refractivity contribution in [1.29, 1.82) is 0 Å². The fourth-order valence-electron chi connectivity index (χ4n) is 2.59. The molecule has 4 heteroatoms. The largest absolute Gasteiger partial charge is 0.381 e. The summed E-state index contributed by atoms with van der Waals surface area (Å²) in [6, 6.07) is 6.41. The van der Waals surface area contributed by atoms with Crippen LogP contribution in [0.1, 0.15) is 39.2 Å². The third kappa shape index (κ3) is 4.87. The number of rotatable bonds is 4. The molecule has 0 bridgehead atoms. The van der Waals surface area contributed by atoms with E-state index in [1.54, 1.807) is 7.11 Å². The molecule has 1 N–H and O–H groups in total. The Kier molecular flexibility index (Phi) is 5.53. The second-order valence-corrected chi connectivity index (χ2v) is 7.21. The lowest BCUT2D eigenvalue weighted by atomic mass is 10.1. The molecule has 1 aromatic carbocycles. The number of nitrogens with one attached hydrogen (secondary N) is 1. The molecule has 1 aliphatic rings. The van der Waals surface area contributed by atoms with Crippen LogP contribution in [-0.2, 0) is 11.3 Å². The van der Waals surface area contributed by atoms with E-state index < -0.39 is 0 Å². The van der Waals surface area contributed by atoms with Gasteiger partial charge in [-0.15, -0.1) is 0 Å². The van der Waals surface area contributed by atoms with Gasteiger partial charge in [0.05, 0.1) is 6.10 Å². The van der Waals surface area contributed by atoms with E-state index in [4.69, 9.17) is 16.3 Å². The molecule has 0 aliphatic carbocycles. The Hall–Kier alpha value is -0.770. The molecule has 0 atom stereocenters. The topological polar surface area (TPSA) is 24.5 Å². The summed E-state index contributed by atoms with van der Waals surface area (Å²) in [6.07, 6.45) is 2.58. The third-order valence-corrected chi connectivity index (χ3v) is 4.34. The highest BCUT2D eigenvalue weighted by atomic mass is 35.5. The first-order valence-corrected chi connectivity index (χ1v) is 8.08. The van der Waals surface area contributed by atoms with Crippen LogP contribution in [0.4, 0.5) is 5.69 Å². The molecule has 1 aliphatic heterocycles. The first-order chi connectivity index (χ1) is 9.89. The lowest BCUT2D eigenvalue weighted by Gasteiger charge is -2.33. The molecule has 0 unspecified atom stereocenters. The molecular weight excluding hydrogens is 284 g/mol. The van der Waals surface area contributed by atoms with Gasteiger partial charge in [-0.05, 0) is 51.3 Å². The number of piperidine rings is 1. The van der Waals surface area contributed by atoms with E-state index in [-0.39, 0.29) is 5.54 Å². The fraction of sp³-hybridized carbons (Fsp3) is 0.647. The van der Waals surface area contributed by atoms with Crippen molar-refractivity contribution in [2.75, 3.05) is 25.1 Å². The molecule has 0 radical (unpaired) electrons. The number of nitrogens with zero attached hydrogens (tertiary/aromatic N) is 1. The van der Waals surface area contributed by atoms with Gasteiger partial charge in [0, 0.05) is 43.0 Å². The summed E-state index contributed by atoms with van der Waals surface area (Å²) in [6.45, 7) is 9.36. The molecule has 1 heterocycles. The van der Waals surface area contributed by atoms with E-state index in [0.717, 1.165) is 43.1 Å². The first-order valence-electron chi connectivity index (χ1n) is 7.70. The van der Waals surface area contributed by atoms with Gasteiger partial charge in [0.25, 0.3) is 0 Å². The minimum atomic E-state index is 0.101. The number of methoxy groups -OCH3 is 1. The second-order valence-electron chi connectivity index (χ2n) is 6.80. The van der Waals surface area contributed by atoms with E-state index in [2.05, 4.69) is 49.2 Å². The number of hydrogen-bond acceptors (Lipinski definition) is 3. The quantitative estimate of drug-likeness (QED) is 0.914. The average molecular weight is 311 g/mol. The third-order valence-electron chi connectivity index (χ3n) is 3.99. The van der Waals surface area contributed by atoms with Crippen molar-refractivity contribution < 1.29 is 4.74 Å². The number of ether oxygens (including phenoxy) is 1. The predicted molar refractivity (Wildman–Crippen MR) is 90.3 cm³/mol. The van der Waals surface area contributed by atoms with Gasteiger partial charge in [-0.1, -0.05) is 17.7 Å². The van der Waals surface area contributed by atoms with Crippen LogP contribution in [0.2, 0.25) is 5.02 Å². The molecule has 21 heavy (non-hydrogen) atoms. The molecule has 0 amide bonds. The second kappa shape index (κ2) is 6.99. The Bertz CT molecular complexity index is 462. The summed E-state index contributed by atoms with van der Waals surface area (Å²) >= 11 is 6.44. The van der Waals surface area contributed by atoms with Crippen LogP contribution in [0.25, 0.3) is 0 Å². The Labute approximate surface area is 133 Å². The fourth-order valence-corrected chi connectivity index (χ4v) is 2.83. The highest BCUT2D eigenvalue weighted by molar-refractivity contribution is 6.31. The summed E-state index contributed by atoms with van der Waals surface area (Å²) in [4.78, 5) is 2.39. The zero-order valence-electron chi connectivity index (χ0n) is 13.6. The highest BCUT2D eigenvalue weighted by Crippen LogP contribution is 2.27. The van der Waals surface area contributed by atoms with Crippen molar-refractivity contribution in [2.24, 2.45) is 0 Å². The van der Waals surface area contributed by atoms with Gasteiger partial charge in [0.1, 0.15) is 0 Å². The normalized spacial score (nSPS) is 17.3. The number of anilines is 1. The van der Waals surface area contributed by atoms with Crippen LogP contribution in [0.3, 0.4) is 0 Å². The molecule has 0 aromatic heterocycles. The van der Waals surface area contributed by atoms with Crippen LogP contribution in [0, 0.1) is 0 Å². The maximum atomic E-state index is 6.44. The van der Waals surface area contributed by atoms with Crippen molar-refractivity contribution in [3.8, 4) is 0 Å². The molecule has 0 saturated carbocycles. The van der Waals surface area contributed by atoms with Crippen LogP contribution in [0.15, 0.2) is 18.2 Å². The Morgan fingerprint density at radius 2 is 1.95 bits per heavy atom. The van der Waals surface area contributed by atoms with Crippen molar-refractivity contribution in [2.45, 2.75) is 51.8 Å². The standard InChI is InChI=1S/C17H27ClN2O/c1-17(2,3)19-12-13-5-6-14(11-16(13)18)20-9-7-15(21-4)8-10-20/h5-6,11,15,19H,7-10,12H2,1-4H3. The van der Waals surface area contributed by atoms with Gasteiger partial charge in [0.15, 0.2) is 0 Å². The monoisotopic (exact) mass is 310 g/mol. The maximum Gasteiger partial charge on any atom is 0.0605 e. The lowest BCUT2D eigenvalue weighted by Crippen LogP contribution is -2.36. The Morgan fingerprint density at radius 3 is 2.48 bits per heavy atom. The minimum Gasteiger partial charge on any atom is -0.381 e. The molecule has 0 spiro atoms. The summed E-state index contributed by atoms with van der Waals surface area (Å²) in [7, 11) is 1.80. The summed E-state index contributed by atoms with van der Waals surface area (Å²) < 4.78 is 5.42. The van der Waals surface area contributed by atoms with Crippen LogP contribution in [-0.4, -0.2) is 31.8 Å². The molecule has 118 valence electrons. The molecule has 2 rings (SSSR count). The lowest BCUT2D eigenvalue weighted by molar-refractivity contribution is 0.0819. The average Bonchev–Trinajstić information content (AvgIpc) is 2.45. The van der Waals surface area contributed by atoms with Crippen LogP contribution in [0.5, 0.6) is 0 Å². The van der Waals surface area contributed by atoms with Gasteiger partial charge >= 0.3 is 0 Å². The van der Waals surface area contributed by atoms with Gasteiger partial charge < -0.3 is 15.0 Å². The zero-order chi connectivity index (χ0) is 15.5. The Morgan fingerprint density at radius 1 is 1.29 bits per heavy atom. The van der Waals surface area contributed by atoms with Gasteiger partial charge in [-0.25, -0.2) is 0 Å². The van der Waals surface area contributed by atoms with Gasteiger partial charge in [-0.3, -0.25) is 0 Å². The molecular formula is C17H27ClN2O. The van der Waals surface area contributed by atoms with Crippen LogP contribution < -0.4 is 10.2 Å². The molecule has 1 saturated heterocycles. The van der Waals surface area contributed by atoms with Gasteiger partial charge in [0.2, 0.25) is 0 Å². The van der Waals surface area contributed by atoms with Crippen molar-refractivity contribution in [1.82, 2.24) is 5.32 Å². The number of hydrogen-bond donors (Lipinski definition) is 1. The molecule has 1 fully saturated rings. The van der Waals surface area contributed by atoms with E-state index in [9.17, 15) is 0 Å². The van der Waals surface area contributed by atoms with E-state index >= 15 is 0 Å². The van der Waals surface area contributed by atoms with E-state index in [1.165, 1.54) is 5.69 Å². The highest BCUT2D eigenvalue weighted by Gasteiger charge is 2.19. The van der Waals surface area contributed by atoms with Crippen molar-refractivity contribution in [3.05, 3.63) is 28.8 Å². The van der Waals surface area contributed by atoms with Crippen molar-refractivity contribution >= 4 is 17.3 Å². The Balaban J connectivity index is 1.99.